The van der Waals surface area contributed by atoms with Crippen molar-refractivity contribution >= 4 is 23.5 Å². The van der Waals surface area contributed by atoms with Crippen molar-refractivity contribution in [1.82, 2.24) is 9.78 Å². The molecule has 5 nitrogen and oxygen atoms in total. The minimum atomic E-state index is -0.605. The van der Waals surface area contributed by atoms with Crippen molar-refractivity contribution in [3.63, 3.8) is 0 Å². The SMILES string of the molecule is Cc1ccc(C(O)Cn2cc3c(B4OCC(C)(C)CO4)cccc3n2)cc1. The van der Waals surface area contributed by atoms with Crippen LogP contribution in [-0.2, 0) is 15.9 Å². The highest BCUT2D eigenvalue weighted by Gasteiger charge is 2.34. The van der Waals surface area contributed by atoms with Gasteiger partial charge in [0.25, 0.3) is 0 Å². The number of benzene rings is 2. The van der Waals surface area contributed by atoms with Gasteiger partial charge in [-0.2, -0.15) is 5.10 Å². The largest absolute Gasteiger partial charge is 0.494 e. The van der Waals surface area contributed by atoms with E-state index in [-0.39, 0.29) is 12.5 Å². The summed E-state index contributed by atoms with van der Waals surface area (Å²) in [6.07, 6.45) is 1.36. The molecule has 2 aromatic carbocycles. The minimum Gasteiger partial charge on any atom is -0.407 e. The Labute approximate surface area is 160 Å². The summed E-state index contributed by atoms with van der Waals surface area (Å²) in [6.45, 7) is 8.02. The first-order valence-electron chi connectivity index (χ1n) is 9.35. The highest BCUT2D eigenvalue weighted by Crippen LogP contribution is 2.23. The summed E-state index contributed by atoms with van der Waals surface area (Å²) in [6, 6.07) is 13.9. The molecule has 1 saturated heterocycles. The van der Waals surface area contributed by atoms with Gasteiger partial charge in [-0.25, -0.2) is 0 Å². The predicted octanol–water partition coefficient (Wildman–Crippen LogP) is 2.85. The number of aryl methyl sites for hydroxylation is 1. The van der Waals surface area contributed by atoms with Crippen molar-refractivity contribution in [2.45, 2.75) is 33.4 Å². The Bertz CT molecular complexity index is 926. The fraction of sp³-hybridized carbons (Fsp3) is 0.381. The molecular weight excluding hydrogens is 339 g/mol. The van der Waals surface area contributed by atoms with E-state index in [1.165, 1.54) is 5.56 Å². The number of fused-ring (bicyclic) bond motifs is 1. The molecule has 0 aliphatic carbocycles. The molecule has 4 rings (SSSR count). The summed E-state index contributed by atoms with van der Waals surface area (Å²) in [5.74, 6) is 0. The lowest BCUT2D eigenvalue weighted by molar-refractivity contribution is 0.0344. The molecular formula is C21H25BN2O3. The van der Waals surface area contributed by atoms with Crippen LogP contribution < -0.4 is 5.46 Å². The first-order chi connectivity index (χ1) is 12.9. The fourth-order valence-electron chi connectivity index (χ4n) is 3.36. The molecule has 6 heteroatoms. The van der Waals surface area contributed by atoms with Gasteiger partial charge in [0.1, 0.15) is 0 Å². The lowest BCUT2D eigenvalue weighted by atomic mass is 9.74. The number of hydrogen-bond acceptors (Lipinski definition) is 4. The Morgan fingerprint density at radius 2 is 1.85 bits per heavy atom. The molecule has 2 heterocycles. The zero-order valence-electron chi connectivity index (χ0n) is 16.1. The molecule has 1 aliphatic rings. The van der Waals surface area contributed by atoms with E-state index < -0.39 is 6.10 Å². The Balaban J connectivity index is 1.56. The van der Waals surface area contributed by atoms with E-state index in [1.54, 1.807) is 4.68 Å². The van der Waals surface area contributed by atoms with Crippen molar-refractivity contribution in [2.75, 3.05) is 13.2 Å². The Morgan fingerprint density at radius 1 is 1.15 bits per heavy atom. The summed E-state index contributed by atoms with van der Waals surface area (Å²) in [5, 5.41) is 16.2. The van der Waals surface area contributed by atoms with E-state index in [0.29, 0.717) is 19.8 Å². The lowest BCUT2D eigenvalue weighted by Crippen LogP contribution is -2.47. The van der Waals surface area contributed by atoms with Gasteiger partial charge >= 0.3 is 7.12 Å². The molecule has 1 aromatic heterocycles. The minimum absolute atomic E-state index is 0.0344. The van der Waals surface area contributed by atoms with Crippen LogP contribution in [0.15, 0.2) is 48.7 Å². The zero-order valence-corrected chi connectivity index (χ0v) is 16.1. The van der Waals surface area contributed by atoms with E-state index in [1.807, 2.05) is 55.6 Å². The monoisotopic (exact) mass is 364 g/mol. The van der Waals surface area contributed by atoms with Crippen molar-refractivity contribution in [2.24, 2.45) is 5.41 Å². The van der Waals surface area contributed by atoms with Crippen LogP contribution >= 0.6 is 0 Å². The van der Waals surface area contributed by atoms with Gasteiger partial charge in [-0.05, 0) is 24.0 Å². The Morgan fingerprint density at radius 3 is 2.56 bits per heavy atom. The number of rotatable bonds is 4. The predicted molar refractivity (Wildman–Crippen MR) is 107 cm³/mol. The van der Waals surface area contributed by atoms with E-state index in [0.717, 1.165) is 21.9 Å². The highest BCUT2D eigenvalue weighted by atomic mass is 16.6. The average molecular weight is 364 g/mol. The van der Waals surface area contributed by atoms with Gasteiger partial charge in [0.05, 0.1) is 18.2 Å². The van der Waals surface area contributed by atoms with Crippen molar-refractivity contribution in [3.8, 4) is 0 Å². The van der Waals surface area contributed by atoms with Crippen LogP contribution in [0.3, 0.4) is 0 Å². The molecule has 1 N–H and O–H groups in total. The fourth-order valence-corrected chi connectivity index (χ4v) is 3.36. The van der Waals surface area contributed by atoms with Crippen molar-refractivity contribution < 1.29 is 14.4 Å². The summed E-state index contributed by atoms with van der Waals surface area (Å²) >= 11 is 0. The first kappa shape index (κ1) is 18.2. The second-order valence-corrected chi connectivity index (χ2v) is 8.18. The number of aliphatic hydroxyl groups is 1. The van der Waals surface area contributed by atoms with Gasteiger partial charge in [0, 0.05) is 30.2 Å². The average Bonchev–Trinajstić information content (AvgIpc) is 3.05. The molecule has 0 bridgehead atoms. The summed E-state index contributed by atoms with van der Waals surface area (Å²) < 4.78 is 13.7. The molecule has 1 aliphatic heterocycles. The summed E-state index contributed by atoms with van der Waals surface area (Å²) in [5.41, 5.74) is 3.96. The molecule has 0 radical (unpaired) electrons. The van der Waals surface area contributed by atoms with Crippen LogP contribution in [0.4, 0.5) is 0 Å². The van der Waals surface area contributed by atoms with Crippen LogP contribution in [0.2, 0.25) is 0 Å². The van der Waals surface area contributed by atoms with Crippen LogP contribution in [0.1, 0.15) is 31.1 Å². The normalized spacial score (nSPS) is 18.0. The smallest absolute Gasteiger partial charge is 0.407 e. The van der Waals surface area contributed by atoms with E-state index in [4.69, 9.17) is 9.31 Å². The van der Waals surface area contributed by atoms with Gasteiger partial charge in [-0.3, -0.25) is 4.68 Å². The van der Waals surface area contributed by atoms with Crippen molar-refractivity contribution in [1.29, 1.82) is 0 Å². The van der Waals surface area contributed by atoms with E-state index in [2.05, 4.69) is 18.9 Å². The molecule has 0 amide bonds. The van der Waals surface area contributed by atoms with Crippen LogP contribution in [0, 0.1) is 12.3 Å². The standard InChI is InChI=1S/C21H25BN2O3/c1-15-7-9-16(10-8-15)20(25)12-24-11-17-18(5-4-6-19(17)23-24)22-26-13-21(2,3)14-27-22/h4-11,20,25H,12-14H2,1-3H3. The quantitative estimate of drug-likeness (QED) is 0.724. The third-order valence-corrected chi connectivity index (χ3v) is 4.96. The van der Waals surface area contributed by atoms with E-state index >= 15 is 0 Å². The summed E-state index contributed by atoms with van der Waals surface area (Å²) in [7, 11) is -0.374. The molecule has 140 valence electrons. The lowest BCUT2D eigenvalue weighted by Gasteiger charge is -2.33. The van der Waals surface area contributed by atoms with Gasteiger partial charge in [-0.1, -0.05) is 55.8 Å². The number of aliphatic hydroxyl groups excluding tert-OH is 1. The maximum Gasteiger partial charge on any atom is 0.494 e. The Hall–Kier alpha value is -2.15. The third-order valence-electron chi connectivity index (χ3n) is 4.96. The van der Waals surface area contributed by atoms with Crippen LogP contribution in [-0.4, -0.2) is 35.2 Å². The molecule has 0 saturated carbocycles. The molecule has 1 fully saturated rings. The maximum atomic E-state index is 10.6. The van der Waals surface area contributed by atoms with Crippen LogP contribution in [0.25, 0.3) is 10.9 Å². The molecule has 3 aromatic rings. The van der Waals surface area contributed by atoms with E-state index in [9.17, 15) is 5.11 Å². The number of hydrogen-bond donors (Lipinski definition) is 1. The maximum absolute atomic E-state index is 10.6. The van der Waals surface area contributed by atoms with Crippen LogP contribution in [0.5, 0.6) is 0 Å². The van der Waals surface area contributed by atoms with Crippen molar-refractivity contribution in [3.05, 3.63) is 59.8 Å². The number of aromatic nitrogens is 2. The second kappa shape index (κ2) is 7.11. The topological polar surface area (TPSA) is 56.5 Å². The molecule has 0 spiro atoms. The van der Waals surface area contributed by atoms with Gasteiger partial charge < -0.3 is 14.4 Å². The zero-order chi connectivity index (χ0) is 19.0. The summed E-state index contributed by atoms with van der Waals surface area (Å²) in [4.78, 5) is 0. The highest BCUT2D eigenvalue weighted by molar-refractivity contribution is 6.64. The molecule has 1 unspecified atom stereocenters. The third kappa shape index (κ3) is 3.93. The molecule has 27 heavy (non-hydrogen) atoms. The van der Waals surface area contributed by atoms with Gasteiger partial charge in [0.15, 0.2) is 0 Å². The van der Waals surface area contributed by atoms with Gasteiger partial charge in [0.2, 0.25) is 0 Å². The molecule has 1 atom stereocenters. The second-order valence-electron chi connectivity index (χ2n) is 8.18. The van der Waals surface area contributed by atoms with Gasteiger partial charge in [-0.15, -0.1) is 0 Å². The first-order valence-corrected chi connectivity index (χ1v) is 9.35. The number of nitrogens with zero attached hydrogens (tertiary/aromatic N) is 2. The Kier molecular flexibility index (Phi) is 4.80.